The van der Waals surface area contributed by atoms with E-state index in [1.807, 2.05) is 6.92 Å². The first-order valence-electron chi connectivity index (χ1n) is 9.19. The highest BCUT2D eigenvalue weighted by molar-refractivity contribution is 6.33. The number of nitrogens with one attached hydrogen (secondary N) is 2. The van der Waals surface area contributed by atoms with Gasteiger partial charge in [0.2, 0.25) is 11.8 Å². The van der Waals surface area contributed by atoms with E-state index in [0.29, 0.717) is 32.5 Å². The highest BCUT2D eigenvalue weighted by atomic mass is 35.5. The molecule has 2 amide bonds. The minimum Gasteiger partial charge on any atom is -0.355 e. The van der Waals surface area contributed by atoms with Crippen molar-refractivity contribution in [2.45, 2.75) is 45.3 Å². The molecular formula is C18H24ClF3N4O2. The Kier molecular flexibility index (Phi) is 7.51. The van der Waals surface area contributed by atoms with Gasteiger partial charge in [0.1, 0.15) is 11.9 Å². The average Bonchev–Trinajstić information content (AvgIpc) is 2.65. The number of piperidine rings is 1. The average molecular weight is 421 g/mol. The zero-order chi connectivity index (χ0) is 20.9. The number of halogens is 4. The summed E-state index contributed by atoms with van der Waals surface area (Å²) in [6, 6.07) is 0.238. The molecule has 1 saturated heterocycles. The molecular weight excluding hydrogens is 397 g/mol. The first kappa shape index (κ1) is 22.3. The molecule has 2 heterocycles. The fraction of sp³-hybridized carbons (Fsp3) is 0.611. The lowest BCUT2D eigenvalue weighted by atomic mass is 9.95. The van der Waals surface area contributed by atoms with Crippen LogP contribution in [0.1, 0.15) is 38.7 Å². The molecule has 156 valence electrons. The van der Waals surface area contributed by atoms with Crippen LogP contribution in [0.25, 0.3) is 0 Å². The second-order valence-corrected chi connectivity index (χ2v) is 7.22. The summed E-state index contributed by atoms with van der Waals surface area (Å²) in [7, 11) is 0. The van der Waals surface area contributed by atoms with Crippen LogP contribution >= 0.6 is 11.6 Å². The molecule has 0 aliphatic carbocycles. The third kappa shape index (κ3) is 5.73. The first-order valence-corrected chi connectivity index (χ1v) is 9.57. The van der Waals surface area contributed by atoms with E-state index in [0.717, 1.165) is 18.7 Å². The van der Waals surface area contributed by atoms with E-state index < -0.39 is 17.8 Å². The SMILES string of the molecule is CCCNC(=O)[C@H](C)NC(=O)C1CCN(c2ncc(C(F)(F)F)cc2Cl)CC1. The maximum absolute atomic E-state index is 12.7. The van der Waals surface area contributed by atoms with E-state index in [1.165, 1.54) is 0 Å². The Labute approximate surface area is 166 Å². The number of carbonyl (C=O) groups is 2. The standard InChI is InChI=1S/C18H24ClF3N4O2/c1-3-6-23-16(27)11(2)25-17(28)12-4-7-26(8-5-12)15-14(19)9-13(10-24-15)18(20,21)22/h9-12H,3-8H2,1-2H3,(H,23,27)(H,25,28)/t11-/m0/s1. The maximum atomic E-state index is 12.7. The molecule has 2 rings (SSSR count). The molecule has 0 unspecified atom stereocenters. The molecule has 1 atom stereocenters. The summed E-state index contributed by atoms with van der Waals surface area (Å²) in [4.78, 5) is 29.9. The monoisotopic (exact) mass is 420 g/mol. The number of hydrogen-bond acceptors (Lipinski definition) is 4. The predicted molar refractivity (Wildman–Crippen MR) is 100 cm³/mol. The fourth-order valence-corrected chi connectivity index (χ4v) is 3.26. The van der Waals surface area contributed by atoms with E-state index in [2.05, 4.69) is 15.6 Å². The van der Waals surface area contributed by atoms with Crippen molar-refractivity contribution in [2.75, 3.05) is 24.5 Å². The summed E-state index contributed by atoms with van der Waals surface area (Å²) >= 11 is 5.99. The second-order valence-electron chi connectivity index (χ2n) is 6.81. The molecule has 10 heteroatoms. The predicted octanol–water partition coefficient (Wildman–Crippen LogP) is 3.00. The van der Waals surface area contributed by atoms with Crippen molar-refractivity contribution >= 4 is 29.2 Å². The van der Waals surface area contributed by atoms with Crippen LogP contribution in [0, 0.1) is 5.92 Å². The van der Waals surface area contributed by atoms with Gasteiger partial charge in [0.25, 0.3) is 0 Å². The van der Waals surface area contributed by atoms with E-state index in [9.17, 15) is 22.8 Å². The third-order valence-electron chi connectivity index (χ3n) is 4.62. The maximum Gasteiger partial charge on any atom is 0.417 e. The van der Waals surface area contributed by atoms with Gasteiger partial charge >= 0.3 is 6.18 Å². The third-order valence-corrected chi connectivity index (χ3v) is 4.89. The van der Waals surface area contributed by atoms with Crippen LogP contribution in [-0.4, -0.2) is 42.5 Å². The van der Waals surface area contributed by atoms with Gasteiger partial charge in [0.15, 0.2) is 0 Å². The summed E-state index contributed by atoms with van der Waals surface area (Å²) in [5, 5.41) is 5.37. The Hall–Kier alpha value is -2.03. The second kappa shape index (κ2) is 9.45. The topological polar surface area (TPSA) is 74.3 Å². The van der Waals surface area contributed by atoms with Crippen molar-refractivity contribution < 1.29 is 22.8 Å². The van der Waals surface area contributed by atoms with Crippen LogP contribution in [0.2, 0.25) is 5.02 Å². The minimum atomic E-state index is -4.50. The molecule has 1 aliphatic rings. The molecule has 1 aliphatic heterocycles. The van der Waals surface area contributed by atoms with Gasteiger partial charge < -0.3 is 15.5 Å². The molecule has 0 radical (unpaired) electrons. The Morgan fingerprint density at radius 2 is 2.00 bits per heavy atom. The summed E-state index contributed by atoms with van der Waals surface area (Å²) < 4.78 is 38.2. The Morgan fingerprint density at radius 3 is 2.54 bits per heavy atom. The van der Waals surface area contributed by atoms with E-state index in [-0.39, 0.29) is 28.6 Å². The van der Waals surface area contributed by atoms with Crippen LogP contribution < -0.4 is 15.5 Å². The lowest BCUT2D eigenvalue weighted by Gasteiger charge is -2.33. The van der Waals surface area contributed by atoms with Crippen molar-refractivity contribution in [2.24, 2.45) is 5.92 Å². The molecule has 1 aromatic heterocycles. The fourth-order valence-electron chi connectivity index (χ4n) is 2.97. The smallest absolute Gasteiger partial charge is 0.355 e. The summed E-state index contributed by atoms with van der Waals surface area (Å²) in [5.41, 5.74) is -0.897. The van der Waals surface area contributed by atoms with Gasteiger partial charge in [-0.1, -0.05) is 18.5 Å². The van der Waals surface area contributed by atoms with Crippen molar-refractivity contribution in [3.05, 3.63) is 22.8 Å². The minimum absolute atomic E-state index is 0.0704. The number of pyridine rings is 1. The normalized spacial score (nSPS) is 16.6. The van der Waals surface area contributed by atoms with E-state index in [4.69, 9.17) is 11.6 Å². The first-order chi connectivity index (χ1) is 13.1. The number of rotatable bonds is 6. The van der Waals surface area contributed by atoms with Gasteiger partial charge in [-0.3, -0.25) is 9.59 Å². The Morgan fingerprint density at radius 1 is 1.36 bits per heavy atom. The number of anilines is 1. The number of alkyl halides is 3. The largest absolute Gasteiger partial charge is 0.417 e. The zero-order valence-electron chi connectivity index (χ0n) is 15.8. The number of amides is 2. The van der Waals surface area contributed by atoms with Crippen molar-refractivity contribution in [3.63, 3.8) is 0 Å². The van der Waals surface area contributed by atoms with Gasteiger partial charge in [0, 0.05) is 31.7 Å². The highest BCUT2D eigenvalue weighted by Crippen LogP contribution is 2.34. The van der Waals surface area contributed by atoms with Gasteiger partial charge in [-0.05, 0) is 32.3 Å². The van der Waals surface area contributed by atoms with Crippen molar-refractivity contribution in [1.29, 1.82) is 0 Å². The van der Waals surface area contributed by atoms with Crippen LogP contribution in [0.3, 0.4) is 0 Å². The van der Waals surface area contributed by atoms with Gasteiger partial charge in [-0.15, -0.1) is 0 Å². The van der Waals surface area contributed by atoms with Crippen molar-refractivity contribution in [3.8, 4) is 0 Å². The Bertz CT molecular complexity index is 707. The van der Waals surface area contributed by atoms with Gasteiger partial charge in [-0.2, -0.15) is 13.2 Å². The molecule has 0 aromatic carbocycles. The highest BCUT2D eigenvalue weighted by Gasteiger charge is 2.33. The molecule has 0 saturated carbocycles. The number of aromatic nitrogens is 1. The Balaban J connectivity index is 1.90. The molecule has 6 nitrogen and oxygen atoms in total. The quantitative estimate of drug-likeness (QED) is 0.742. The van der Waals surface area contributed by atoms with Crippen molar-refractivity contribution in [1.82, 2.24) is 15.6 Å². The molecule has 28 heavy (non-hydrogen) atoms. The van der Waals surface area contributed by atoms with E-state index in [1.54, 1.807) is 11.8 Å². The molecule has 0 bridgehead atoms. The molecule has 1 fully saturated rings. The van der Waals surface area contributed by atoms with Crippen LogP contribution in [0.5, 0.6) is 0 Å². The zero-order valence-corrected chi connectivity index (χ0v) is 16.5. The summed E-state index contributed by atoms with van der Waals surface area (Å²) in [6.07, 6.45) is -1.94. The number of carbonyl (C=O) groups excluding carboxylic acids is 2. The molecule has 2 N–H and O–H groups in total. The van der Waals surface area contributed by atoms with Gasteiger partial charge in [-0.25, -0.2) is 4.98 Å². The number of nitrogens with zero attached hydrogens (tertiary/aromatic N) is 2. The summed E-state index contributed by atoms with van der Waals surface area (Å²) in [6.45, 7) is 5.00. The van der Waals surface area contributed by atoms with Crippen LogP contribution in [-0.2, 0) is 15.8 Å². The van der Waals surface area contributed by atoms with E-state index >= 15 is 0 Å². The lowest BCUT2D eigenvalue weighted by Crippen LogP contribution is -2.48. The number of hydrogen-bond donors (Lipinski definition) is 2. The lowest BCUT2D eigenvalue weighted by molar-refractivity contribution is -0.137. The van der Waals surface area contributed by atoms with Crippen LogP contribution in [0.15, 0.2) is 12.3 Å². The molecule has 0 spiro atoms. The van der Waals surface area contributed by atoms with Crippen LogP contribution in [0.4, 0.5) is 19.0 Å². The molecule has 1 aromatic rings. The summed E-state index contributed by atoms with van der Waals surface area (Å²) in [5.74, 6) is -0.426. The van der Waals surface area contributed by atoms with Gasteiger partial charge in [0.05, 0.1) is 10.6 Å².